The van der Waals surface area contributed by atoms with Gasteiger partial charge in [-0.2, -0.15) is 0 Å². The highest BCUT2D eigenvalue weighted by molar-refractivity contribution is 6.74. The van der Waals surface area contributed by atoms with Crippen molar-refractivity contribution in [3.05, 3.63) is 42.0 Å². The van der Waals surface area contributed by atoms with Gasteiger partial charge in [-0.05, 0) is 32.2 Å². The summed E-state index contributed by atoms with van der Waals surface area (Å²) in [6, 6.07) is 5.42. The van der Waals surface area contributed by atoms with E-state index in [4.69, 9.17) is 9.26 Å². The molecule has 0 saturated carbocycles. The van der Waals surface area contributed by atoms with Gasteiger partial charge in [-0.1, -0.05) is 44.1 Å². The third-order valence-electron chi connectivity index (χ3n) is 6.87. The molecule has 0 bridgehead atoms. The number of rotatable bonds is 9. The number of halogens is 1. The van der Waals surface area contributed by atoms with Gasteiger partial charge in [0.25, 0.3) is 0 Å². The number of nitrogens with zero attached hydrogens (tertiary/aromatic N) is 5. The maximum absolute atomic E-state index is 15.3. The molecule has 0 spiro atoms. The highest BCUT2D eigenvalue weighted by atomic mass is 28.4. The van der Waals surface area contributed by atoms with Crippen molar-refractivity contribution in [3.8, 4) is 11.1 Å². The zero-order valence-corrected chi connectivity index (χ0v) is 23.3. The van der Waals surface area contributed by atoms with Crippen LogP contribution in [-0.4, -0.2) is 69.2 Å². The zero-order chi connectivity index (χ0) is 25.6. The van der Waals surface area contributed by atoms with Crippen LogP contribution in [0.25, 0.3) is 11.1 Å². The molecule has 0 aliphatic carbocycles. The summed E-state index contributed by atoms with van der Waals surface area (Å²) in [7, 11) is 2.05. The van der Waals surface area contributed by atoms with Crippen molar-refractivity contribution >= 4 is 20.0 Å². The van der Waals surface area contributed by atoms with Gasteiger partial charge in [0.05, 0.1) is 12.3 Å². The molecule has 1 aromatic heterocycles. The molecule has 0 amide bonds. The van der Waals surface area contributed by atoms with E-state index < -0.39 is 8.32 Å². The summed E-state index contributed by atoms with van der Waals surface area (Å²) in [6.45, 7) is 14.2. The van der Waals surface area contributed by atoms with Gasteiger partial charge in [-0.3, -0.25) is 0 Å². The highest BCUT2D eigenvalue weighted by Crippen LogP contribution is 2.37. The fraction of sp³-hybridized carbons (Fsp3) is 0.577. The van der Waals surface area contributed by atoms with Crippen LogP contribution >= 0.6 is 0 Å². The van der Waals surface area contributed by atoms with Gasteiger partial charge >= 0.3 is 0 Å². The van der Waals surface area contributed by atoms with Crippen LogP contribution in [0.1, 0.15) is 39.2 Å². The minimum atomic E-state index is -1.97. The summed E-state index contributed by atoms with van der Waals surface area (Å²) in [4.78, 5) is 18.7. The summed E-state index contributed by atoms with van der Waals surface area (Å²) in [6.07, 6.45) is 5.04. The monoisotopic (exact) mass is 501 g/mol. The number of hydrogen-bond donors (Lipinski definition) is 0. The SMILES string of the molecule is CN(C)CCON=C1CCN(c2ncc(-c3cccc(CO[Si](C)(C)C(C)(C)C)c3F)cn2)CC1. The Labute approximate surface area is 210 Å². The van der Waals surface area contributed by atoms with Crippen LogP contribution in [0.2, 0.25) is 18.1 Å². The first-order valence-corrected chi connectivity index (χ1v) is 15.2. The molecule has 2 heterocycles. The lowest BCUT2D eigenvalue weighted by Gasteiger charge is -2.36. The number of likely N-dealkylation sites (N-methyl/N-ethyl adjacent to an activating group) is 1. The van der Waals surface area contributed by atoms with E-state index >= 15 is 4.39 Å². The first-order valence-electron chi connectivity index (χ1n) is 12.3. The Kier molecular flexibility index (Phi) is 9.01. The molecule has 1 aliphatic rings. The number of piperidine rings is 1. The molecule has 192 valence electrons. The van der Waals surface area contributed by atoms with Crippen molar-refractivity contribution in [3.63, 3.8) is 0 Å². The van der Waals surface area contributed by atoms with Crippen LogP contribution in [0.3, 0.4) is 0 Å². The lowest BCUT2D eigenvalue weighted by molar-refractivity contribution is 0.124. The predicted molar refractivity (Wildman–Crippen MR) is 143 cm³/mol. The number of hydrogen-bond acceptors (Lipinski definition) is 7. The topological polar surface area (TPSA) is 63.1 Å². The van der Waals surface area contributed by atoms with Crippen LogP contribution < -0.4 is 4.90 Å². The molecule has 0 atom stereocenters. The van der Waals surface area contributed by atoms with Gasteiger partial charge in [-0.25, -0.2) is 14.4 Å². The van der Waals surface area contributed by atoms with Crippen molar-refractivity contribution in [2.24, 2.45) is 5.16 Å². The average molecular weight is 502 g/mol. The highest BCUT2D eigenvalue weighted by Gasteiger charge is 2.37. The molecule has 1 aliphatic heterocycles. The molecule has 0 N–H and O–H groups in total. The van der Waals surface area contributed by atoms with Crippen LogP contribution in [0.5, 0.6) is 0 Å². The van der Waals surface area contributed by atoms with E-state index in [1.165, 1.54) is 0 Å². The Morgan fingerprint density at radius 1 is 1.11 bits per heavy atom. The van der Waals surface area contributed by atoms with E-state index in [9.17, 15) is 0 Å². The molecule has 3 rings (SSSR count). The Balaban J connectivity index is 1.61. The molecule has 35 heavy (non-hydrogen) atoms. The number of anilines is 1. The van der Waals surface area contributed by atoms with Crippen molar-refractivity contribution < 1.29 is 13.7 Å². The summed E-state index contributed by atoms with van der Waals surface area (Å²) in [5.74, 6) is 0.384. The van der Waals surface area contributed by atoms with Crippen molar-refractivity contribution in [2.75, 3.05) is 45.2 Å². The van der Waals surface area contributed by atoms with E-state index in [0.717, 1.165) is 38.2 Å². The summed E-state index contributed by atoms with van der Waals surface area (Å²) < 4.78 is 21.6. The molecular weight excluding hydrogens is 461 g/mol. The second-order valence-corrected chi connectivity index (χ2v) is 15.7. The molecular formula is C26H40FN5O2Si. The number of oxime groups is 1. The van der Waals surface area contributed by atoms with E-state index in [-0.39, 0.29) is 17.5 Å². The quantitative estimate of drug-likeness (QED) is 0.263. The lowest BCUT2D eigenvalue weighted by Crippen LogP contribution is -2.40. The third kappa shape index (κ3) is 7.31. The molecule has 9 heteroatoms. The predicted octanol–water partition coefficient (Wildman–Crippen LogP) is 5.34. The van der Waals surface area contributed by atoms with Gasteiger partial charge in [0.15, 0.2) is 8.32 Å². The maximum atomic E-state index is 15.3. The Hall–Kier alpha value is -2.36. The smallest absolute Gasteiger partial charge is 0.225 e. The van der Waals surface area contributed by atoms with Crippen molar-refractivity contribution in [2.45, 2.75) is 58.4 Å². The summed E-state index contributed by atoms with van der Waals surface area (Å²) in [5.41, 5.74) is 2.78. The Morgan fingerprint density at radius 3 is 2.37 bits per heavy atom. The van der Waals surface area contributed by atoms with Crippen LogP contribution in [0.15, 0.2) is 35.7 Å². The lowest BCUT2D eigenvalue weighted by atomic mass is 10.1. The van der Waals surface area contributed by atoms with Crippen molar-refractivity contribution in [1.29, 1.82) is 0 Å². The van der Waals surface area contributed by atoms with Gasteiger partial charge in [0.1, 0.15) is 12.4 Å². The van der Waals surface area contributed by atoms with Gasteiger partial charge < -0.3 is 19.1 Å². The van der Waals surface area contributed by atoms with E-state index in [2.05, 4.69) is 58.8 Å². The summed E-state index contributed by atoms with van der Waals surface area (Å²) in [5, 5.41) is 4.35. The molecule has 7 nitrogen and oxygen atoms in total. The van der Waals surface area contributed by atoms with E-state index in [1.54, 1.807) is 24.5 Å². The standard InChI is InChI=1S/C26H40FN5O2Si/c1-26(2,3)35(6,7)34-19-20-9-8-10-23(24(20)27)21-17-28-25(29-18-21)32-13-11-22(12-14-32)30-33-16-15-31(4)5/h8-10,17-18H,11-16,19H2,1-7H3. The summed E-state index contributed by atoms with van der Waals surface area (Å²) >= 11 is 0. The zero-order valence-electron chi connectivity index (χ0n) is 22.3. The molecule has 1 aromatic carbocycles. The maximum Gasteiger partial charge on any atom is 0.225 e. The average Bonchev–Trinajstić information content (AvgIpc) is 2.81. The van der Waals surface area contributed by atoms with Crippen LogP contribution in [0, 0.1) is 5.82 Å². The molecule has 1 fully saturated rings. The van der Waals surface area contributed by atoms with Crippen LogP contribution in [-0.2, 0) is 15.9 Å². The Bertz CT molecular complexity index is 996. The number of benzene rings is 1. The largest absolute Gasteiger partial charge is 0.412 e. The first-order chi connectivity index (χ1) is 16.5. The van der Waals surface area contributed by atoms with E-state index in [1.807, 2.05) is 20.2 Å². The second-order valence-electron chi connectivity index (χ2n) is 10.9. The van der Waals surface area contributed by atoms with Crippen molar-refractivity contribution in [1.82, 2.24) is 14.9 Å². The van der Waals surface area contributed by atoms with Gasteiger partial charge in [0, 0.05) is 61.6 Å². The first kappa shape index (κ1) is 27.2. The Morgan fingerprint density at radius 2 is 1.77 bits per heavy atom. The second kappa shape index (κ2) is 11.6. The molecule has 0 unspecified atom stereocenters. The molecule has 0 radical (unpaired) electrons. The fourth-order valence-electron chi connectivity index (χ4n) is 3.43. The molecule has 1 saturated heterocycles. The van der Waals surface area contributed by atoms with Crippen LogP contribution in [0.4, 0.5) is 10.3 Å². The minimum absolute atomic E-state index is 0.0743. The third-order valence-corrected chi connectivity index (χ3v) is 11.3. The normalized spacial score (nSPS) is 15.0. The fourth-order valence-corrected chi connectivity index (χ4v) is 4.38. The van der Waals surface area contributed by atoms with E-state index in [0.29, 0.717) is 29.2 Å². The van der Waals surface area contributed by atoms with Gasteiger partial charge in [-0.15, -0.1) is 0 Å². The number of aromatic nitrogens is 2. The molecule has 2 aromatic rings. The minimum Gasteiger partial charge on any atom is -0.412 e. The van der Waals surface area contributed by atoms with Gasteiger partial charge in [0.2, 0.25) is 5.95 Å².